The molecule has 158 valence electrons. The van der Waals surface area contributed by atoms with Crippen molar-refractivity contribution in [3.63, 3.8) is 0 Å². The van der Waals surface area contributed by atoms with Crippen molar-refractivity contribution < 1.29 is 14.3 Å². The van der Waals surface area contributed by atoms with Crippen molar-refractivity contribution >= 4 is 22.7 Å². The number of carbonyl (C=O) groups excluding carboxylic acids is 2. The van der Waals surface area contributed by atoms with E-state index in [-0.39, 0.29) is 11.8 Å². The molecule has 0 unspecified atom stereocenters. The Morgan fingerprint density at radius 3 is 2.79 bits per heavy atom. The number of carbonyl (C=O) groups is 2. The van der Waals surface area contributed by atoms with Crippen LogP contribution in [0.5, 0.6) is 0 Å². The molecule has 2 amide bonds. The SMILES string of the molecule is CCOCCCN1C(=O)c2cc3ccccc3n2C[C@@]1(C)C(=O)NCCC(C)C. The molecule has 29 heavy (non-hydrogen) atoms. The van der Waals surface area contributed by atoms with Gasteiger partial charge in [-0.05, 0) is 44.7 Å². The summed E-state index contributed by atoms with van der Waals surface area (Å²) in [4.78, 5) is 28.4. The number of hydrogen-bond acceptors (Lipinski definition) is 3. The van der Waals surface area contributed by atoms with Crippen LogP contribution in [-0.4, -0.2) is 53.1 Å². The van der Waals surface area contributed by atoms with Crippen LogP contribution in [0.25, 0.3) is 10.9 Å². The van der Waals surface area contributed by atoms with Gasteiger partial charge in [-0.25, -0.2) is 0 Å². The molecule has 0 radical (unpaired) electrons. The maximum Gasteiger partial charge on any atom is 0.271 e. The highest BCUT2D eigenvalue weighted by molar-refractivity contribution is 6.03. The first-order valence-corrected chi connectivity index (χ1v) is 10.6. The number of nitrogens with zero attached hydrogens (tertiary/aromatic N) is 2. The molecule has 0 fully saturated rings. The van der Waals surface area contributed by atoms with Crippen LogP contribution in [0.1, 0.15) is 51.0 Å². The predicted molar refractivity (Wildman–Crippen MR) is 115 cm³/mol. The molecule has 6 heteroatoms. The quantitative estimate of drug-likeness (QED) is 0.657. The molecule has 2 heterocycles. The minimum atomic E-state index is -0.935. The van der Waals surface area contributed by atoms with E-state index in [9.17, 15) is 9.59 Å². The van der Waals surface area contributed by atoms with Gasteiger partial charge in [0.2, 0.25) is 5.91 Å². The average molecular weight is 400 g/mol. The lowest BCUT2D eigenvalue weighted by Crippen LogP contribution is -2.64. The molecule has 0 spiro atoms. The van der Waals surface area contributed by atoms with Gasteiger partial charge < -0.3 is 19.5 Å². The Bertz CT molecular complexity index is 873. The molecule has 0 saturated heterocycles. The van der Waals surface area contributed by atoms with E-state index < -0.39 is 5.54 Å². The number of amides is 2. The molecule has 3 rings (SSSR count). The second kappa shape index (κ2) is 8.99. The summed E-state index contributed by atoms with van der Waals surface area (Å²) in [6, 6.07) is 9.88. The van der Waals surface area contributed by atoms with Crippen molar-refractivity contribution in [3.05, 3.63) is 36.0 Å². The highest BCUT2D eigenvalue weighted by Crippen LogP contribution is 2.32. The molecular formula is C23H33N3O3. The zero-order valence-electron chi connectivity index (χ0n) is 18.0. The number of fused-ring (bicyclic) bond motifs is 3. The lowest BCUT2D eigenvalue weighted by atomic mass is 9.94. The molecule has 0 bridgehead atoms. The standard InChI is InChI=1S/C23H33N3O3/c1-5-29-14-8-13-26-21(27)20-15-18-9-6-7-10-19(18)25(20)16-23(26,4)22(28)24-12-11-17(2)3/h6-7,9-10,15,17H,5,8,11-14,16H2,1-4H3,(H,24,28)/t23-/m0/s1. The van der Waals surface area contributed by atoms with Crippen LogP contribution < -0.4 is 5.32 Å². The molecule has 1 aliphatic rings. The molecule has 1 aromatic carbocycles. The Labute approximate surface area is 173 Å². The third kappa shape index (κ3) is 4.32. The van der Waals surface area contributed by atoms with Gasteiger partial charge in [-0.15, -0.1) is 0 Å². The van der Waals surface area contributed by atoms with Gasteiger partial charge in [-0.1, -0.05) is 32.0 Å². The number of benzene rings is 1. The van der Waals surface area contributed by atoms with Crippen LogP contribution in [0.15, 0.2) is 30.3 Å². The molecular weight excluding hydrogens is 366 g/mol. The number of aromatic nitrogens is 1. The largest absolute Gasteiger partial charge is 0.382 e. The Kier molecular flexibility index (Phi) is 6.63. The van der Waals surface area contributed by atoms with E-state index in [1.807, 2.05) is 48.7 Å². The molecule has 0 aliphatic carbocycles. The van der Waals surface area contributed by atoms with Gasteiger partial charge in [0.15, 0.2) is 0 Å². The topological polar surface area (TPSA) is 63.6 Å². The van der Waals surface area contributed by atoms with E-state index in [4.69, 9.17) is 4.74 Å². The Morgan fingerprint density at radius 1 is 1.31 bits per heavy atom. The molecule has 2 aromatic rings. The summed E-state index contributed by atoms with van der Waals surface area (Å²) in [6.45, 7) is 10.9. The smallest absolute Gasteiger partial charge is 0.271 e. The van der Waals surface area contributed by atoms with Crippen molar-refractivity contribution in [2.45, 2.75) is 52.6 Å². The minimum Gasteiger partial charge on any atom is -0.382 e. The fourth-order valence-corrected chi connectivity index (χ4v) is 3.99. The van der Waals surface area contributed by atoms with Gasteiger partial charge in [-0.3, -0.25) is 9.59 Å². The van der Waals surface area contributed by atoms with Crippen molar-refractivity contribution in [1.82, 2.24) is 14.8 Å². The Hall–Kier alpha value is -2.34. The normalized spacial score (nSPS) is 19.1. The van der Waals surface area contributed by atoms with E-state index in [0.29, 0.717) is 50.9 Å². The third-order valence-electron chi connectivity index (χ3n) is 5.71. The Balaban J connectivity index is 1.91. The molecule has 0 saturated carbocycles. The summed E-state index contributed by atoms with van der Waals surface area (Å²) < 4.78 is 7.45. The van der Waals surface area contributed by atoms with Crippen LogP contribution in [0.4, 0.5) is 0 Å². The molecule has 1 aliphatic heterocycles. The molecule has 1 atom stereocenters. The minimum absolute atomic E-state index is 0.0914. The summed E-state index contributed by atoms with van der Waals surface area (Å²) in [5.41, 5.74) is 0.704. The fourth-order valence-electron chi connectivity index (χ4n) is 3.99. The first-order valence-electron chi connectivity index (χ1n) is 10.6. The van der Waals surface area contributed by atoms with Crippen molar-refractivity contribution in [3.8, 4) is 0 Å². The van der Waals surface area contributed by atoms with Gasteiger partial charge in [-0.2, -0.15) is 0 Å². The summed E-state index contributed by atoms with van der Waals surface area (Å²) in [5.74, 6) is 0.329. The second-order valence-corrected chi connectivity index (χ2v) is 8.39. The van der Waals surface area contributed by atoms with E-state index in [1.54, 1.807) is 4.90 Å². The zero-order valence-corrected chi connectivity index (χ0v) is 18.0. The van der Waals surface area contributed by atoms with Crippen molar-refractivity contribution in [2.24, 2.45) is 5.92 Å². The van der Waals surface area contributed by atoms with Crippen LogP contribution in [0, 0.1) is 5.92 Å². The lowest BCUT2D eigenvalue weighted by Gasteiger charge is -2.44. The average Bonchev–Trinajstić information content (AvgIpc) is 3.05. The Morgan fingerprint density at radius 2 is 2.07 bits per heavy atom. The number of ether oxygens (including phenoxy) is 1. The molecule has 1 aromatic heterocycles. The maximum absolute atomic E-state index is 13.4. The zero-order chi connectivity index (χ0) is 21.0. The number of rotatable bonds is 9. The number of nitrogens with one attached hydrogen (secondary N) is 1. The van der Waals surface area contributed by atoms with E-state index in [2.05, 4.69) is 19.2 Å². The lowest BCUT2D eigenvalue weighted by molar-refractivity contribution is -0.132. The third-order valence-corrected chi connectivity index (χ3v) is 5.71. The summed E-state index contributed by atoms with van der Waals surface area (Å²) in [6.07, 6.45) is 1.62. The van der Waals surface area contributed by atoms with E-state index in [1.165, 1.54) is 0 Å². The first kappa shape index (κ1) is 21.4. The summed E-state index contributed by atoms with van der Waals surface area (Å²) in [7, 11) is 0. The van der Waals surface area contributed by atoms with Crippen LogP contribution in [0.3, 0.4) is 0 Å². The number of hydrogen-bond donors (Lipinski definition) is 1. The highest BCUT2D eigenvalue weighted by atomic mass is 16.5. The van der Waals surface area contributed by atoms with E-state index in [0.717, 1.165) is 17.3 Å². The first-order chi connectivity index (χ1) is 13.9. The van der Waals surface area contributed by atoms with Gasteiger partial charge in [0, 0.05) is 37.2 Å². The predicted octanol–water partition coefficient (Wildman–Crippen LogP) is 3.44. The summed E-state index contributed by atoms with van der Waals surface area (Å²) in [5, 5.41) is 4.09. The number of para-hydroxylation sites is 1. The maximum atomic E-state index is 13.4. The van der Waals surface area contributed by atoms with Gasteiger partial charge >= 0.3 is 0 Å². The van der Waals surface area contributed by atoms with Gasteiger partial charge in [0.05, 0.1) is 6.54 Å². The molecule has 1 N–H and O–H groups in total. The van der Waals surface area contributed by atoms with E-state index >= 15 is 0 Å². The molecule has 6 nitrogen and oxygen atoms in total. The highest BCUT2D eigenvalue weighted by Gasteiger charge is 2.47. The fraction of sp³-hybridized carbons (Fsp3) is 0.565. The van der Waals surface area contributed by atoms with Crippen LogP contribution >= 0.6 is 0 Å². The monoisotopic (exact) mass is 399 g/mol. The summed E-state index contributed by atoms with van der Waals surface area (Å²) >= 11 is 0. The van der Waals surface area contributed by atoms with Crippen molar-refractivity contribution in [2.75, 3.05) is 26.3 Å². The van der Waals surface area contributed by atoms with Crippen molar-refractivity contribution in [1.29, 1.82) is 0 Å². The second-order valence-electron chi connectivity index (χ2n) is 8.39. The van der Waals surface area contributed by atoms with Gasteiger partial charge in [0.25, 0.3) is 5.91 Å². The van der Waals surface area contributed by atoms with Gasteiger partial charge in [0.1, 0.15) is 11.2 Å². The van der Waals surface area contributed by atoms with Crippen LogP contribution in [0.2, 0.25) is 0 Å². The van der Waals surface area contributed by atoms with Crippen LogP contribution in [-0.2, 0) is 16.1 Å².